The number of aromatic nitrogens is 3. The van der Waals surface area contributed by atoms with Crippen molar-refractivity contribution in [3.8, 4) is 0 Å². The summed E-state index contributed by atoms with van der Waals surface area (Å²) in [6, 6.07) is 0. The Kier molecular flexibility index (Phi) is 3.78. The van der Waals surface area contributed by atoms with Gasteiger partial charge in [-0.05, 0) is 0 Å². The highest BCUT2D eigenvalue weighted by molar-refractivity contribution is 5.92. The Bertz CT molecular complexity index is 333. The smallest absolute Gasteiger partial charge is 0.273 e. The van der Waals surface area contributed by atoms with Crippen LogP contribution < -0.4 is 5.32 Å². The van der Waals surface area contributed by atoms with E-state index in [0.717, 1.165) is 0 Å². The van der Waals surface area contributed by atoms with Crippen LogP contribution in [0.5, 0.6) is 0 Å². The Balaban J connectivity index is 2.27. The highest BCUT2D eigenvalue weighted by Gasteiger charge is 2.09. The van der Waals surface area contributed by atoms with E-state index in [4.69, 9.17) is 0 Å². The van der Waals surface area contributed by atoms with Crippen molar-refractivity contribution in [2.24, 2.45) is 0 Å². The molecule has 0 atom stereocenters. The second-order valence-electron chi connectivity index (χ2n) is 3.15. The van der Waals surface area contributed by atoms with Gasteiger partial charge >= 0.3 is 0 Å². The van der Waals surface area contributed by atoms with E-state index in [-0.39, 0.29) is 23.9 Å². The molecule has 0 aliphatic carbocycles. The molecule has 15 heavy (non-hydrogen) atoms. The minimum atomic E-state index is -0.338. The van der Waals surface area contributed by atoms with Crippen molar-refractivity contribution in [2.75, 3.05) is 20.6 Å². The number of nitrogens with zero attached hydrogens (tertiary/aromatic N) is 3. The first-order chi connectivity index (χ1) is 7.11. The number of H-pyrrole nitrogens is 1. The van der Waals surface area contributed by atoms with E-state index in [1.807, 2.05) is 0 Å². The molecule has 1 rings (SSSR count). The average molecular weight is 211 g/mol. The Labute approximate surface area is 86.8 Å². The fraction of sp³-hybridized carbons (Fsp3) is 0.500. The van der Waals surface area contributed by atoms with Crippen molar-refractivity contribution < 1.29 is 9.59 Å². The molecule has 7 heteroatoms. The van der Waals surface area contributed by atoms with Crippen LogP contribution in [0.25, 0.3) is 0 Å². The predicted octanol–water partition coefficient (Wildman–Crippen LogP) is -0.987. The van der Waals surface area contributed by atoms with Gasteiger partial charge in [0.25, 0.3) is 5.91 Å². The van der Waals surface area contributed by atoms with E-state index < -0.39 is 0 Å². The lowest BCUT2D eigenvalue weighted by Crippen LogP contribution is -2.30. The molecule has 0 aromatic carbocycles. The summed E-state index contributed by atoms with van der Waals surface area (Å²) in [5.74, 6) is -0.370. The molecule has 1 heterocycles. The molecule has 7 nitrogen and oxygen atoms in total. The molecule has 0 radical (unpaired) electrons. The quantitative estimate of drug-likeness (QED) is 0.669. The van der Waals surface area contributed by atoms with E-state index >= 15 is 0 Å². The third-order valence-electron chi connectivity index (χ3n) is 1.77. The van der Waals surface area contributed by atoms with Crippen LogP contribution >= 0.6 is 0 Å². The van der Waals surface area contributed by atoms with Gasteiger partial charge in [0, 0.05) is 27.1 Å². The second kappa shape index (κ2) is 5.08. The normalized spacial score (nSPS) is 9.73. The topological polar surface area (TPSA) is 91.0 Å². The number of nitrogens with one attached hydrogen (secondary N) is 2. The third kappa shape index (κ3) is 3.37. The number of hydrogen-bond acceptors (Lipinski definition) is 4. The molecule has 0 fully saturated rings. The monoisotopic (exact) mass is 211 g/mol. The first kappa shape index (κ1) is 11.2. The number of rotatable bonds is 4. The zero-order valence-corrected chi connectivity index (χ0v) is 8.65. The van der Waals surface area contributed by atoms with Crippen LogP contribution in [0.4, 0.5) is 0 Å². The van der Waals surface area contributed by atoms with Crippen LogP contribution in [-0.4, -0.2) is 52.8 Å². The molecular weight excluding hydrogens is 198 g/mol. The van der Waals surface area contributed by atoms with Gasteiger partial charge in [-0.1, -0.05) is 0 Å². The molecule has 1 aromatic rings. The largest absolute Gasteiger partial charge is 0.350 e. The Morgan fingerprint density at radius 2 is 2.27 bits per heavy atom. The van der Waals surface area contributed by atoms with E-state index in [0.29, 0.717) is 6.54 Å². The van der Waals surface area contributed by atoms with Gasteiger partial charge in [0.1, 0.15) is 0 Å². The Morgan fingerprint density at radius 3 is 2.80 bits per heavy atom. The minimum Gasteiger partial charge on any atom is -0.350 e. The third-order valence-corrected chi connectivity index (χ3v) is 1.77. The van der Waals surface area contributed by atoms with Crippen molar-refractivity contribution >= 4 is 11.8 Å². The van der Waals surface area contributed by atoms with Crippen LogP contribution in [0.2, 0.25) is 0 Å². The van der Waals surface area contributed by atoms with Crippen molar-refractivity contribution in [3.63, 3.8) is 0 Å². The summed E-state index contributed by atoms with van der Waals surface area (Å²) in [6.45, 7) is 0.294. The summed E-state index contributed by atoms with van der Waals surface area (Å²) in [5.41, 5.74) is 0.215. The van der Waals surface area contributed by atoms with E-state index in [1.165, 1.54) is 11.1 Å². The Morgan fingerprint density at radius 1 is 1.53 bits per heavy atom. The molecular formula is C8H13N5O2. The maximum atomic E-state index is 11.3. The summed E-state index contributed by atoms with van der Waals surface area (Å²) in [5, 5.41) is 12.0. The number of hydrogen-bond donors (Lipinski definition) is 2. The fourth-order valence-electron chi connectivity index (χ4n) is 0.908. The van der Waals surface area contributed by atoms with Crippen LogP contribution in [-0.2, 0) is 4.79 Å². The number of carbonyl (C=O) groups is 2. The average Bonchev–Trinajstić information content (AvgIpc) is 2.70. The second-order valence-corrected chi connectivity index (χ2v) is 3.15. The highest BCUT2D eigenvalue weighted by atomic mass is 16.2. The van der Waals surface area contributed by atoms with Crippen LogP contribution in [0.15, 0.2) is 6.20 Å². The van der Waals surface area contributed by atoms with Crippen molar-refractivity contribution in [3.05, 3.63) is 11.9 Å². The minimum absolute atomic E-state index is 0.0320. The van der Waals surface area contributed by atoms with E-state index in [9.17, 15) is 9.59 Å². The van der Waals surface area contributed by atoms with Gasteiger partial charge in [-0.3, -0.25) is 9.59 Å². The first-order valence-electron chi connectivity index (χ1n) is 4.45. The molecule has 0 spiro atoms. The SMILES string of the molecule is CN(C)C(=O)CCNC(=O)c1cn[nH]n1. The summed E-state index contributed by atoms with van der Waals surface area (Å²) in [7, 11) is 3.34. The summed E-state index contributed by atoms with van der Waals surface area (Å²) in [4.78, 5) is 23.9. The lowest BCUT2D eigenvalue weighted by Gasteiger charge is -2.09. The van der Waals surface area contributed by atoms with Gasteiger partial charge in [0.15, 0.2) is 5.69 Å². The molecule has 0 saturated carbocycles. The molecule has 0 unspecified atom stereocenters. The predicted molar refractivity (Wildman–Crippen MR) is 52.0 cm³/mol. The molecule has 0 bridgehead atoms. The maximum Gasteiger partial charge on any atom is 0.273 e. The van der Waals surface area contributed by atoms with Gasteiger partial charge < -0.3 is 10.2 Å². The number of carbonyl (C=O) groups excluding carboxylic acids is 2. The standard InChI is InChI=1S/C8H13N5O2/c1-13(2)7(14)3-4-9-8(15)6-5-10-12-11-6/h5H,3-4H2,1-2H3,(H,9,15)(H,10,11,12). The number of amides is 2. The number of aromatic amines is 1. The molecule has 2 amide bonds. The van der Waals surface area contributed by atoms with Gasteiger partial charge in [-0.15, -0.1) is 0 Å². The lowest BCUT2D eigenvalue weighted by atomic mass is 10.3. The zero-order valence-electron chi connectivity index (χ0n) is 8.65. The fourth-order valence-corrected chi connectivity index (χ4v) is 0.908. The molecule has 0 saturated heterocycles. The van der Waals surface area contributed by atoms with E-state index in [1.54, 1.807) is 14.1 Å². The van der Waals surface area contributed by atoms with Crippen LogP contribution in [0.3, 0.4) is 0 Å². The molecule has 0 aliphatic rings. The van der Waals surface area contributed by atoms with Crippen molar-refractivity contribution in [2.45, 2.75) is 6.42 Å². The first-order valence-corrected chi connectivity index (χ1v) is 4.45. The summed E-state index contributed by atoms with van der Waals surface area (Å²) in [6.07, 6.45) is 1.60. The molecule has 1 aromatic heterocycles. The van der Waals surface area contributed by atoms with Gasteiger partial charge in [0.05, 0.1) is 6.20 Å². The van der Waals surface area contributed by atoms with Crippen LogP contribution in [0.1, 0.15) is 16.9 Å². The van der Waals surface area contributed by atoms with E-state index in [2.05, 4.69) is 20.7 Å². The van der Waals surface area contributed by atoms with Crippen LogP contribution in [0, 0.1) is 0 Å². The zero-order chi connectivity index (χ0) is 11.3. The lowest BCUT2D eigenvalue weighted by molar-refractivity contribution is -0.128. The maximum absolute atomic E-state index is 11.3. The summed E-state index contributed by atoms with van der Waals surface area (Å²) >= 11 is 0. The van der Waals surface area contributed by atoms with Gasteiger partial charge in [-0.25, -0.2) is 0 Å². The molecule has 82 valence electrons. The molecule has 2 N–H and O–H groups in total. The van der Waals surface area contributed by atoms with Gasteiger partial charge in [-0.2, -0.15) is 15.4 Å². The highest BCUT2D eigenvalue weighted by Crippen LogP contribution is 1.89. The van der Waals surface area contributed by atoms with Crippen molar-refractivity contribution in [1.29, 1.82) is 0 Å². The molecule has 0 aliphatic heterocycles. The van der Waals surface area contributed by atoms with Gasteiger partial charge in [0.2, 0.25) is 5.91 Å². The Hall–Kier alpha value is -1.92. The summed E-state index contributed by atoms with van der Waals surface area (Å²) < 4.78 is 0. The van der Waals surface area contributed by atoms with Crippen molar-refractivity contribution in [1.82, 2.24) is 25.6 Å².